The number of rotatable bonds is 26. The molecule has 224 valence electrons. The summed E-state index contributed by atoms with van der Waals surface area (Å²) < 4.78 is 17.4. The summed E-state index contributed by atoms with van der Waals surface area (Å²) in [5.41, 5.74) is 2.52. The largest absolute Gasteiger partial charge is 0.379 e. The topological polar surface area (TPSA) is 34.2 Å². The van der Waals surface area contributed by atoms with E-state index in [-0.39, 0.29) is 6.10 Å². The minimum atomic E-state index is -0.0102. The van der Waals surface area contributed by atoms with E-state index < -0.39 is 0 Å². The summed E-state index contributed by atoms with van der Waals surface area (Å²) in [4.78, 5) is 4.71. The molecular weight excluding hydrogens is 484 g/mol. The molecule has 0 bridgehead atoms. The molecule has 2 rings (SSSR count). The lowest BCUT2D eigenvalue weighted by molar-refractivity contribution is -0.0451. The van der Waals surface area contributed by atoms with E-state index in [4.69, 9.17) is 14.2 Å². The summed E-state index contributed by atoms with van der Waals surface area (Å²) in [6.45, 7) is 10.1. The maximum Gasteiger partial charge on any atom is 0.104 e. The molecular formula is C34H60N2O3. The lowest BCUT2D eigenvalue weighted by atomic mass is 10.0. The number of methoxy groups -OCH3 is 1. The van der Waals surface area contributed by atoms with Gasteiger partial charge in [-0.05, 0) is 24.0 Å². The fourth-order valence-corrected chi connectivity index (χ4v) is 5.13. The molecule has 5 nitrogen and oxygen atoms in total. The van der Waals surface area contributed by atoms with E-state index in [1.807, 2.05) is 0 Å². The van der Waals surface area contributed by atoms with Crippen molar-refractivity contribution in [3.05, 3.63) is 47.8 Å². The van der Waals surface area contributed by atoms with Gasteiger partial charge in [-0.2, -0.15) is 0 Å². The Morgan fingerprint density at radius 2 is 1.18 bits per heavy atom. The highest BCUT2D eigenvalue weighted by Gasteiger charge is 2.12. The van der Waals surface area contributed by atoms with Crippen molar-refractivity contribution < 1.29 is 14.2 Å². The Bertz CT molecular complexity index is 709. The molecule has 39 heavy (non-hydrogen) atoms. The number of hydrogen-bond donors (Lipinski definition) is 0. The van der Waals surface area contributed by atoms with Crippen LogP contribution in [0.4, 0.5) is 0 Å². The molecule has 5 heteroatoms. The molecule has 1 atom stereocenters. The molecule has 1 aromatic carbocycles. The number of unbranched alkanes of at least 4 members (excludes halogenated alkanes) is 13. The first-order chi connectivity index (χ1) is 19.2. The van der Waals surface area contributed by atoms with Gasteiger partial charge in [0.1, 0.15) is 6.10 Å². The second-order valence-electron chi connectivity index (χ2n) is 11.4. The smallest absolute Gasteiger partial charge is 0.104 e. The molecule has 0 fully saturated rings. The van der Waals surface area contributed by atoms with E-state index in [1.54, 1.807) is 7.11 Å². The molecule has 1 unspecified atom stereocenters. The van der Waals surface area contributed by atoms with Crippen LogP contribution in [-0.2, 0) is 27.4 Å². The molecule has 0 radical (unpaired) electrons. The van der Waals surface area contributed by atoms with Crippen LogP contribution in [0.25, 0.3) is 0 Å². The maximum atomic E-state index is 5.93. The lowest BCUT2D eigenvalue weighted by Crippen LogP contribution is -2.25. The zero-order valence-electron chi connectivity index (χ0n) is 25.7. The number of hydrogen-bond acceptors (Lipinski definition) is 5. The van der Waals surface area contributed by atoms with Crippen LogP contribution in [0.15, 0.2) is 36.7 Å². The van der Waals surface area contributed by atoms with Gasteiger partial charge in [0.15, 0.2) is 0 Å². The Morgan fingerprint density at radius 3 is 1.77 bits per heavy atom. The summed E-state index contributed by atoms with van der Waals surface area (Å²) in [7, 11) is 1.74. The first-order valence-electron chi connectivity index (χ1n) is 16.2. The molecule has 0 aromatic heterocycles. The van der Waals surface area contributed by atoms with Gasteiger partial charge in [0, 0.05) is 39.2 Å². The normalized spacial score (nSPS) is 14.0. The Balaban J connectivity index is 1.40. The number of benzene rings is 1. The van der Waals surface area contributed by atoms with Gasteiger partial charge in [-0.25, -0.2) is 0 Å². The van der Waals surface area contributed by atoms with E-state index in [0.29, 0.717) is 19.8 Å². The van der Waals surface area contributed by atoms with Crippen LogP contribution in [0.2, 0.25) is 0 Å². The van der Waals surface area contributed by atoms with Gasteiger partial charge >= 0.3 is 0 Å². The van der Waals surface area contributed by atoms with Crippen molar-refractivity contribution in [1.29, 1.82) is 0 Å². The van der Waals surface area contributed by atoms with Gasteiger partial charge in [-0.1, -0.05) is 122 Å². The quantitative estimate of drug-likeness (QED) is 0.109. The molecule has 1 aliphatic rings. The minimum absolute atomic E-state index is 0.0102. The van der Waals surface area contributed by atoms with Gasteiger partial charge in [0.25, 0.3) is 0 Å². The Labute approximate surface area is 241 Å². The summed E-state index contributed by atoms with van der Waals surface area (Å²) in [6, 6.07) is 8.77. The third-order valence-electron chi connectivity index (χ3n) is 7.62. The first-order valence-corrected chi connectivity index (χ1v) is 16.2. The molecule has 0 N–H and O–H groups in total. The Kier molecular flexibility index (Phi) is 20.0. The number of ether oxygens (including phenoxy) is 3. The second-order valence-corrected chi connectivity index (χ2v) is 11.4. The third-order valence-corrected chi connectivity index (χ3v) is 7.62. The van der Waals surface area contributed by atoms with Crippen LogP contribution >= 0.6 is 0 Å². The van der Waals surface area contributed by atoms with Gasteiger partial charge in [0.05, 0.1) is 26.5 Å². The van der Waals surface area contributed by atoms with Crippen LogP contribution < -0.4 is 0 Å². The summed E-state index contributed by atoms with van der Waals surface area (Å²) in [5, 5.41) is 0. The minimum Gasteiger partial charge on any atom is -0.379 e. The van der Waals surface area contributed by atoms with E-state index in [0.717, 1.165) is 32.8 Å². The number of nitrogens with zero attached hydrogens (tertiary/aromatic N) is 2. The van der Waals surface area contributed by atoms with Crippen LogP contribution in [0.3, 0.4) is 0 Å². The van der Waals surface area contributed by atoms with Crippen molar-refractivity contribution in [3.8, 4) is 0 Å². The maximum absolute atomic E-state index is 5.93. The van der Waals surface area contributed by atoms with E-state index in [1.165, 1.54) is 101 Å². The van der Waals surface area contributed by atoms with E-state index >= 15 is 0 Å². The van der Waals surface area contributed by atoms with Gasteiger partial charge < -0.3 is 24.0 Å². The average molecular weight is 545 g/mol. The van der Waals surface area contributed by atoms with Crippen molar-refractivity contribution in [2.24, 2.45) is 0 Å². The molecule has 0 spiro atoms. The van der Waals surface area contributed by atoms with Crippen LogP contribution in [-0.4, -0.2) is 56.0 Å². The van der Waals surface area contributed by atoms with Crippen LogP contribution in [0.5, 0.6) is 0 Å². The second kappa shape index (κ2) is 23.2. The average Bonchev–Trinajstić information content (AvgIpc) is 3.39. The summed E-state index contributed by atoms with van der Waals surface area (Å²) in [6.07, 6.45) is 24.9. The zero-order valence-corrected chi connectivity index (χ0v) is 25.7. The lowest BCUT2D eigenvalue weighted by Gasteiger charge is -2.21. The molecule has 0 amide bonds. The fourth-order valence-electron chi connectivity index (χ4n) is 5.13. The van der Waals surface area contributed by atoms with Crippen LogP contribution in [0.1, 0.15) is 121 Å². The van der Waals surface area contributed by atoms with Gasteiger partial charge in [0.2, 0.25) is 0 Å². The standard InChI is InChI=1S/C34H60N2O3/c1-4-6-7-8-9-10-11-12-13-14-15-16-17-18-26-38-29-34(37-3)30-39-28-33-21-19-32(20-22-33)27-36-25-24-35(31-36)23-5-2/h19-22,24-25,34H,4-18,23,26-31H2,1-3H3. The predicted molar refractivity (Wildman–Crippen MR) is 165 cm³/mol. The fraction of sp³-hybridized carbons (Fsp3) is 0.765. The van der Waals surface area contributed by atoms with Crippen molar-refractivity contribution in [1.82, 2.24) is 9.80 Å². The summed E-state index contributed by atoms with van der Waals surface area (Å²) >= 11 is 0. The predicted octanol–water partition coefficient (Wildman–Crippen LogP) is 8.67. The van der Waals surface area contributed by atoms with Crippen molar-refractivity contribution in [2.75, 3.05) is 40.1 Å². The SMILES string of the molecule is CCCCCCCCCCCCCCCCOCC(COCc1ccc(CN2C=CN(CCC)C2)cc1)OC. The molecule has 0 aliphatic carbocycles. The third kappa shape index (κ3) is 17.0. The highest BCUT2D eigenvalue weighted by Crippen LogP contribution is 2.15. The zero-order chi connectivity index (χ0) is 27.8. The molecule has 0 saturated heterocycles. The molecule has 1 heterocycles. The van der Waals surface area contributed by atoms with Gasteiger partial charge in [-0.3, -0.25) is 0 Å². The van der Waals surface area contributed by atoms with E-state index in [2.05, 4.69) is 60.3 Å². The first kappa shape index (κ1) is 33.6. The molecule has 1 aliphatic heterocycles. The van der Waals surface area contributed by atoms with Crippen LogP contribution in [0, 0.1) is 0 Å². The Hall–Kier alpha value is -1.56. The van der Waals surface area contributed by atoms with Crippen molar-refractivity contribution in [2.45, 2.75) is 129 Å². The van der Waals surface area contributed by atoms with Gasteiger partial charge in [-0.15, -0.1) is 0 Å². The van der Waals surface area contributed by atoms with E-state index in [9.17, 15) is 0 Å². The molecule has 1 aromatic rings. The summed E-state index contributed by atoms with van der Waals surface area (Å²) in [5.74, 6) is 0. The Morgan fingerprint density at radius 1 is 0.641 bits per heavy atom. The highest BCUT2D eigenvalue weighted by molar-refractivity contribution is 5.22. The monoisotopic (exact) mass is 544 g/mol. The highest BCUT2D eigenvalue weighted by atomic mass is 16.6. The van der Waals surface area contributed by atoms with Crippen molar-refractivity contribution >= 4 is 0 Å². The van der Waals surface area contributed by atoms with Crippen molar-refractivity contribution in [3.63, 3.8) is 0 Å². The molecule has 0 saturated carbocycles.